The molecule has 0 spiro atoms. The van der Waals surface area contributed by atoms with Crippen LogP contribution in [0.3, 0.4) is 0 Å². The lowest BCUT2D eigenvalue weighted by Crippen LogP contribution is -2.67. The molecule has 1 unspecified atom stereocenters. The van der Waals surface area contributed by atoms with E-state index in [1.165, 1.54) is 31.2 Å². The summed E-state index contributed by atoms with van der Waals surface area (Å²) >= 11 is 0. The average molecular weight is 568 g/mol. The van der Waals surface area contributed by atoms with Gasteiger partial charge in [0.1, 0.15) is 17.5 Å². The highest BCUT2D eigenvalue weighted by Crippen LogP contribution is 2.60. The number of carboxylic acids is 1. The molecule has 0 heterocycles. The Morgan fingerprint density at radius 1 is 1.07 bits per heavy atom. The van der Waals surface area contributed by atoms with Crippen molar-refractivity contribution in [3.63, 3.8) is 0 Å². The molecule has 0 saturated heterocycles. The molecule has 0 bridgehead atoms. The molecule has 11 heteroatoms. The van der Waals surface area contributed by atoms with E-state index in [2.05, 4.69) is 20.8 Å². The van der Waals surface area contributed by atoms with Crippen molar-refractivity contribution in [3.05, 3.63) is 35.6 Å². The minimum Gasteiger partial charge on any atom is -0.479 e. The molecule has 3 N–H and O–H groups in total. The van der Waals surface area contributed by atoms with Gasteiger partial charge in [0.15, 0.2) is 0 Å². The molecule has 1 aromatic rings. The summed E-state index contributed by atoms with van der Waals surface area (Å²) in [7, 11) is 0. The first kappa shape index (κ1) is 30.2. The van der Waals surface area contributed by atoms with Gasteiger partial charge in [0.05, 0.1) is 12.7 Å². The topological polar surface area (TPSA) is 134 Å². The van der Waals surface area contributed by atoms with Gasteiger partial charge in [0, 0.05) is 18.8 Å². The Balaban J connectivity index is 1.42. The molecule has 3 saturated carbocycles. The van der Waals surface area contributed by atoms with Gasteiger partial charge in [-0.1, -0.05) is 39.3 Å². The highest BCUT2D eigenvalue weighted by Gasteiger charge is 2.74. The lowest BCUT2D eigenvalue weighted by atomic mass is 9.60. The zero-order valence-electron chi connectivity index (χ0n) is 23.3. The summed E-state index contributed by atoms with van der Waals surface area (Å²) in [4.78, 5) is 37.6. The Morgan fingerprint density at radius 3 is 2.38 bits per heavy atom. The van der Waals surface area contributed by atoms with Crippen LogP contribution in [0.4, 0.5) is 13.6 Å². The van der Waals surface area contributed by atoms with E-state index in [0.717, 1.165) is 12.8 Å². The van der Waals surface area contributed by atoms with Crippen LogP contribution in [-0.2, 0) is 35.1 Å². The van der Waals surface area contributed by atoms with Crippen molar-refractivity contribution in [2.24, 2.45) is 35.3 Å². The number of nitrogens with two attached hydrogens (primary N) is 1. The predicted molar refractivity (Wildman–Crippen MR) is 138 cm³/mol. The lowest BCUT2D eigenvalue weighted by Gasteiger charge is -2.47. The van der Waals surface area contributed by atoms with Crippen molar-refractivity contribution in [2.45, 2.75) is 96.1 Å². The molecule has 0 radical (unpaired) electrons. The molecule has 4 rings (SSSR count). The van der Waals surface area contributed by atoms with Crippen LogP contribution in [0, 0.1) is 35.4 Å². The molecule has 9 nitrogen and oxygen atoms in total. The number of carbonyl (C=O) groups is 3. The van der Waals surface area contributed by atoms with Gasteiger partial charge in [0.25, 0.3) is 0 Å². The Bertz CT molecular complexity index is 1100. The van der Waals surface area contributed by atoms with Gasteiger partial charge >= 0.3 is 18.1 Å². The van der Waals surface area contributed by atoms with E-state index in [0.29, 0.717) is 23.8 Å². The summed E-state index contributed by atoms with van der Waals surface area (Å²) in [5.74, 6) is -4.08. The predicted octanol–water partition coefficient (Wildman–Crippen LogP) is 4.74. The Morgan fingerprint density at radius 2 is 1.75 bits per heavy atom. The third-order valence-corrected chi connectivity index (χ3v) is 9.02. The number of benzene rings is 1. The molecule has 9 atom stereocenters. The number of ether oxygens (including phenoxy) is 4. The third-order valence-electron chi connectivity index (χ3n) is 9.02. The summed E-state index contributed by atoms with van der Waals surface area (Å²) in [6.07, 6.45) is -1.66. The summed E-state index contributed by atoms with van der Waals surface area (Å²) < 4.78 is 50.5. The van der Waals surface area contributed by atoms with Crippen LogP contribution in [0.1, 0.15) is 65.4 Å². The van der Waals surface area contributed by atoms with Crippen LogP contribution in [0.5, 0.6) is 0 Å². The minimum atomic E-state index is -2.54. The Hall–Kier alpha value is -2.79. The number of fused-ring (bicyclic) bond motifs is 1. The zero-order chi connectivity index (χ0) is 29.4. The smallest absolute Gasteiger partial charge is 0.479 e. The summed E-state index contributed by atoms with van der Waals surface area (Å²) in [6, 6.07) is 5.47. The van der Waals surface area contributed by atoms with Crippen LogP contribution in [0.15, 0.2) is 24.3 Å². The van der Waals surface area contributed by atoms with Crippen molar-refractivity contribution in [2.75, 3.05) is 0 Å². The van der Waals surface area contributed by atoms with E-state index >= 15 is 4.39 Å². The van der Waals surface area contributed by atoms with E-state index in [9.17, 15) is 23.9 Å². The lowest BCUT2D eigenvalue weighted by molar-refractivity contribution is -0.191. The maximum atomic E-state index is 15.2. The number of hydrogen-bond donors (Lipinski definition) is 2. The average Bonchev–Trinajstić information content (AvgIpc) is 3.11. The molecule has 40 heavy (non-hydrogen) atoms. The highest BCUT2D eigenvalue weighted by molar-refractivity contribution is 5.86. The molecule has 222 valence electrons. The highest BCUT2D eigenvalue weighted by atomic mass is 19.1. The van der Waals surface area contributed by atoms with Crippen molar-refractivity contribution in [1.82, 2.24) is 0 Å². The maximum Gasteiger partial charge on any atom is 0.511 e. The second-order valence-electron chi connectivity index (χ2n) is 12.0. The van der Waals surface area contributed by atoms with E-state index < -0.39 is 65.8 Å². The molecular weight excluding hydrogens is 528 g/mol. The first-order chi connectivity index (χ1) is 18.7. The molecule has 3 aliphatic carbocycles. The number of esters is 1. The zero-order valence-corrected chi connectivity index (χ0v) is 23.3. The van der Waals surface area contributed by atoms with Gasteiger partial charge in [-0.25, -0.2) is 23.2 Å². The maximum absolute atomic E-state index is 15.2. The summed E-state index contributed by atoms with van der Waals surface area (Å²) in [5.41, 5.74) is 2.69. The number of carbonyl (C=O) groups excluding carboxylic acids is 2. The van der Waals surface area contributed by atoms with Crippen molar-refractivity contribution >= 4 is 18.1 Å². The van der Waals surface area contributed by atoms with Gasteiger partial charge < -0.3 is 29.8 Å². The van der Waals surface area contributed by atoms with Gasteiger partial charge in [0.2, 0.25) is 12.0 Å². The van der Waals surface area contributed by atoms with Crippen LogP contribution < -0.4 is 5.73 Å². The molecular formula is C29H39F2NO8. The van der Waals surface area contributed by atoms with E-state index in [4.69, 9.17) is 24.7 Å². The molecule has 1 aromatic carbocycles. The summed E-state index contributed by atoms with van der Waals surface area (Å²) in [6.45, 7) is 7.52. The molecule has 0 aromatic heterocycles. The second kappa shape index (κ2) is 11.6. The number of alkyl halides is 1. The first-order valence-corrected chi connectivity index (χ1v) is 13.9. The van der Waals surface area contributed by atoms with Crippen molar-refractivity contribution < 1.29 is 47.2 Å². The fraction of sp³-hybridized carbons (Fsp3) is 0.690. The molecule has 3 aliphatic rings. The molecule has 0 amide bonds. The number of aliphatic carboxylic acids is 1. The quantitative estimate of drug-likeness (QED) is 0.320. The Labute approximate surface area is 232 Å². The normalized spacial score (nSPS) is 35.8. The first-order valence-electron chi connectivity index (χ1n) is 13.9. The van der Waals surface area contributed by atoms with E-state index in [1.807, 2.05) is 0 Å². The van der Waals surface area contributed by atoms with Crippen LogP contribution in [0.2, 0.25) is 0 Å². The standard InChI is InChI=1S/C29H39F2NO8/c1-15(2)20-10-5-16(3)11-23(20)40-27(36)39-17(4)38-26(35)29(32)22-13-28(31,25(33)34)21(22)12-24(29)37-14-18-6-8-19(30)9-7-18/h6-9,15-17,20-24H,5,10-14,32H2,1-4H3,(H,33,34)/t16-,17?,20+,21+,22+,23-,24+,28-,29+/m0/s1. The summed E-state index contributed by atoms with van der Waals surface area (Å²) in [5, 5.41) is 9.44. The monoisotopic (exact) mass is 567 g/mol. The third kappa shape index (κ3) is 5.81. The van der Waals surface area contributed by atoms with Crippen molar-refractivity contribution in [3.8, 4) is 0 Å². The van der Waals surface area contributed by atoms with Gasteiger partial charge in [-0.3, -0.25) is 0 Å². The van der Waals surface area contributed by atoms with E-state index in [1.54, 1.807) is 0 Å². The number of hydrogen-bond acceptors (Lipinski definition) is 8. The van der Waals surface area contributed by atoms with Gasteiger partial charge in [-0.15, -0.1) is 0 Å². The van der Waals surface area contributed by atoms with Crippen LogP contribution in [-0.4, -0.2) is 52.9 Å². The number of rotatable bonds is 9. The fourth-order valence-corrected chi connectivity index (χ4v) is 6.62. The fourth-order valence-electron chi connectivity index (χ4n) is 6.62. The van der Waals surface area contributed by atoms with Gasteiger partial charge in [-0.2, -0.15) is 0 Å². The molecule has 3 fully saturated rings. The van der Waals surface area contributed by atoms with Crippen LogP contribution >= 0.6 is 0 Å². The van der Waals surface area contributed by atoms with Crippen LogP contribution in [0.25, 0.3) is 0 Å². The second-order valence-corrected chi connectivity index (χ2v) is 12.0. The minimum absolute atomic E-state index is 0.0712. The number of halogens is 2. The Kier molecular flexibility index (Phi) is 8.75. The number of carboxylic acid groups (broad SMARTS) is 1. The van der Waals surface area contributed by atoms with E-state index in [-0.39, 0.29) is 25.0 Å². The SMILES string of the molecule is CC(OC(=O)O[C@H]1C[C@@H](C)CC[C@@H]1C(C)C)OC(=O)[C@@]1(N)[C@@H]2C[C@@](F)(C(=O)O)[C@@H]2C[C@H]1OCc1ccc(F)cc1. The largest absolute Gasteiger partial charge is 0.511 e. The molecule has 0 aliphatic heterocycles. The van der Waals surface area contributed by atoms with Crippen molar-refractivity contribution in [1.29, 1.82) is 0 Å². The van der Waals surface area contributed by atoms with Gasteiger partial charge in [-0.05, 0) is 61.1 Å².